The van der Waals surface area contributed by atoms with Crippen molar-refractivity contribution in [3.05, 3.63) is 65.2 Å². The van der Waals surface area contributed by atoms with Crippen LogP contribution in [0.2, 0.25) is 0 Å². The van der Waals surface area contributed by atoms with Crippen LogP contribution >= 0.6 is 0 Å². The molecule has 0 saturated heterocycles. The number of nitrogens with two attached hydrogens (primary N) is 1. The lowest BCUT2D eigenvalue weighted by atomic mass is 10.1. The molecule has 0 unspecified atom stereocenters. The Kier molecular flexibility index (Phi) is 6.65. The predicted molar refractivity (Wildman–Crippen MR) is 92.5 cm³/mol. The van der Waals surface area contributed by atoms with Crippen LogP contribution in [0.4, 0.5) is 0 Å². The van der Waals surface area contributed by atoms with E-state index in [1.165, 1.54) is 6.42 Å². The molecular weight excluding hydrogens is 272 g/mol. The van der Waals surface area contributed by atoms with Crippen LogP contribution in [-0.2, 0) is 13.2 Å². The van der Waals surface area contributed by atoms with Gasteiger partial charge in [0, 0.05) is 19.3 Å². The second-order valence-corrected chi connectivity index (χ2v) is 5.27. The molecule has 2 aromatic carbocycles. The van der Waals surface area contributed by atoms with Crippen molar-refractivity contribution in [3.8, 4) is 5.75 Å². The van der Waals surface area contributed by atoms with Gasteiger partial charge in [0.25, 0.3) is 0 Å². The summed E-state index contributed by atoms with van der Waals surface area (Å²) in [5.41, 5.74) is 8.97. The Morgan fingerprint density at radius 2 is 1.68 bits per heavy atom. The Bertz CT molecular complexity index is 573. The van der Waals surface area contributed by atoms with Crippen LogP contribution in [-0.4, -0.2) is 12.8 Å². The van der Waals surface area contributed by atoms with Gasteiger partial charge in [0.1, 0.15) is 12.4 Å². The van der Waals surface area contributed by atoms with Gasteiger partial charge in [-0.25, -0.2) is 0 Å². The summed E-state index contributed by atoms with van der Waals surface area (Å²) in [5.74, 6) is 0.869. The van der Waals surface area contributed by atoms with Gasteiger partial charge in [0.15, 0.2) is 0 Å². The molecule has 0 aliphatic carbocycles. The van der Waals surface area contributed by atoms with E-state index in [-0.39, 0.29) is 0 Å². The molecule has 0 aromatic heterocycles. The maximum atomic E-state index is 5.79. The van der Waals surface area contributed by atoms with Gasteiger partial charge in [-0.3, -0.25) is 4.99 Å². The lowest BCUT2D eigenvalue weighted by Crippen LogP contribution is -1.98. The van der Waals surface area contributed by atoms with E-state index in [4.69, 9.17) is 10.5 Å². The van der Waals surface area contributed by atoms with Crippen molar-refractivity contribution in [2.45, 2.75) is 32.9 Å². The lowest BCUT2D eigenvalue weighted by molar-refractivity contribution is 0.306. The molecule has 0 radical (unpaired) electrons. The van der Waals surface area contributed by atoms with Crippen LogP contribution in [0.25, 0.3) is 0 Å². The van der Waals surface area contributed by atoms with Crippen LogP contribution in [0.3, 0.4) is 0 Å². The van der Waals surface area contributed by atoms with Crippen molar-refractivity contribution in [2.75, 3.05) is 6.54 Å². The standard InChI is InChI=1S/C19H24N2O/c1-2-3-12-21-14-17-8-10-19(11-9-17)22-15-18-6-4-16(13-20)5-7-18/h4-11,14H,2-3,12-13,15,20H2,1H3. The van der Waals surface area contributed by atoms with E-state index in [1.807, 2.05) is 42.6 Å². The molecule has 0 heterocycles. The number of rotatable bonds is 8. The van der Waals surface area contributed by atoms with E-state index in [1.54, 1.807) is 0 Å². The van der Waals surface area contributed by atoms with Crippen LogP contribution in [0.5, 0.6) is 5.75 Å². The molecule has 3 heteroatoms. The Hall–Kier alpha value is -2.13. The molecule has 0 aliphatic heterocycles. The normalized spacial score (nSPS) is 11.0. The van der Waals surface area contributed by atoms with E-state index >= 15 is 0 Å². The molecular formula is C19H24N2O. The highest BCUT2D eigenvalue weighted by Gasteiger charge is 1.97. The summed E-state index contributed by atoms with van der Waals surface area (Å²) in [6.07, 6.45) is 4.24. The van der Waals surface area contributed by atoms with Crippen LogP contribution < -0.4 is 10.5 Å². The summed E-state index contributed by atoms with van der Waals surface area (Å²) < 4.78 is 5.79. The zero-order valence-electron chi connectivity index (χ0n) is 13.2. The van der Waals surface area contributed by atoms with Crippen molar-refractivity contribution in [2.24, 2.45) is 10.7 Å². The van der Waals surface area contributed by atoms with Crippen LogP contribution in [0.1, 0.15) is 36.5 Å². The van der Waals surface area contributed by atoms with Gasteiger partial charge in [0.2, 0.25) is 0 Å². The smallest absolute Gasteiger partial charge is 0.119 e. The fourth-order valence-corrected chi connectivity index (χ4v) is 2.01. The molecule has 2 rings (SSSR count). The van der Waals surface area contributed by atoms with Gasteiger partial charge >= 0.3 is 0 Å². The first-order valence-electron chi connectivity index (χ1n) is 7.82. The fraction of sp³-hybridized carbons (Fsp3) is 0.316. The fourth-order valence-electron chi connectivity index (χ4n) is 2.01. The molecule has 22 heavy (non-hydrogen) atoms. The van der Waals surface area contributed by atoms with Crippen molar-refractivity contribution >= 4 is 6.21 Å². The van der Waals surface area contributed by atoms with Crippen molar-refractivity contribution < 1.29 is 4.74 Å². The summed E-state index contributed by atoms with van der Waals surface area (Å²) >= 11 is 0. The summed E-state index contributed by atoms with van der Waals surface area (Å²) in [5, 5.41) is 0. The van der Waals surface area contributed by atoms with Gasteiger partial charge in [0.05, 0.1) is 0 Å². The number of nitrogens with zero attached hydrogens (tertiary/aromatic N) is 1. The second kappa shape index (κ2) is 9.00. The van der Waals surface area contributed by atoms with E-state index in [0.717, 1.165) is 35.4 Å². The zero-order valence-corrected chi connectivity index (χ0v) is 13.2. The average molecular weight is 296 g/mol. The molecule has 0 atom stereocenters. The minimum Gasteiger partial charge on any atom is -0.489 e. The second-order valence-electron chi connectivity index (χ2n) is 5.27. The molecule has 116 valence electrons. The van der Waals surface area contributed by atoms with Gasteiger partial charge in [-0.1, -0.05) is 37.6 Å². The molecule has 0 amide bonds. The Balaban J connectivity index is 1.84. The highest BCUT2D eigenvalue weighted by Crippen LogP contribution is 2.14. The highest BCUT2D eigenvalue weighted by atomic mass is 16.5. The van der Waals surface area contributed by atoms with Gasteiger partial charge in [-0.2, -0.15) is 0 Å². The SMILES string of the molecule is CCCCN=Cc1ccc(OCc2ccc(CN)cc2)cc1. The Labute approximate surface area is 132 Å². The van der Waals surface area contributed by atoms with Gasteiger partial charge in [-0.15, -0.1) is 0 Å². The Morgan fingerprint density at radius 1 is 1.00 bits per heavy atom. The zero-order chi connectivity index (χ0) is 15.6. The number of hydrogen-bond donors (Lipinski definition) is 1. The maximum absolute atomic E-state index is 5.79. The number of aliphatic imine (C=N–C) groups is 1. The average Bonchev–Trinajstić information content (AvgIpc) is 2.58. The quantitative estimate of drug-likeness (QED) is 0.592. The van der Waals surface area contributed by atoms with E-state index < -0.39 is 0 Å². The number of benzene rings is 2. The molecule has 2 N–H and O–H groups in total. The number of unbranched alkanes of at least 4 members (excludes halogenated alkanes) is 1. The summed E-state index contributed by atoms with van der Waals surface area (Å²) in [7, 11) is 0. The first-order valence-corrected chi connectivity index (χ1v) is 7.82. The minimum atomic E-state index is 0.564. The van der Waals surface area contributed by atoms with E-state index in [2.05, 4.69) is 24.0 Å². The maximum Gasteiger partial charge on any atom is 0.119 e. The van der Waals surface area contributed by atoms with Crippen molar-refractivity contribution in [1.29, 1.82) is 0 Å². The van der Waals surface area contributed by atoms with Gasteiger partial charge in [-0.05, 0) is 47.4 Å². The largest absolute Gasteiger partial charge is 0.489 e. The molecule has 0 aliphatic rings. The number of hydrogen-bond acceptors (Lipinski definition) is 3. The van der Waals surface area contributed by atoms with E-state index in [9.17, 15) is 0 Å². The van der Waals surface area contributed by atoms with Crippen LogP contribution in [0, 0.1) is 0 Å². The molecule has 2 aromatic rings. The highest BCUT2D eigenvalue weighted by molar-refractivity contribution is 5.79. The van der Waals surface area contributed by atoms with Crippen molar-refractivity contribution in [1.82, 2.24) is 0 Å². The van der Waals surface area contributed by atoms with Crippen LogP contribution in [0.15, 0.2) is 53.5 Å². The predicted octanol–water partition coefficient (Wildman–Crippen LogP) is 3.94. The first kappa shape index (κ1) is 16.2. The summed E-state index contributed by atoms with van der Waals surface area (Å²) in [6.45, 7) is 4.20. The first-order chi connectivity index (χ1) is 10.8. The molecule has 3 nitrogen and oxygen atoms in total. The number of ether oxygens (including phenoxy) is 1. The summed E-state index contributed by atoms with van der Waals surface area (Å²) in [4.78, 5) is 4.39. The topological polar surface area (TPSA) is 47.6 Å². The monoisotopic (exact) mass is 296 g/mol. The molecule has 0 bridgehead atoms. The van der Waals surface area contributed by atoms with Crippen molar-refractivity contribution in [3.63, 3.8) is 0 Å². The van der Waals surface area contributed by atoms with E-state index in [0.29, 0.717) is 13.2 Å². The third-order valence-corrected chi connectivity index (χ3v) is 3.43. The lowest BCUT2D eigenvalue weighted by Gasteiger charge is -2.07. The summed E-state index contributed by atoms with van der Waals surface area (Å²) in [6, 6.07) is 16.2. The Morgan fingerprint density at radius 3 is 2.32 bits per heavy atom. The molecule has 0 fully saturated rings. The molecule has 0 spiro atoms. The van der Waals surface area contributed by atoms with Gasteiger partial charge < -0.3 is 10.5 Å². The molecule has 0 saturated carbocycles. The third-order valence-electron chi connectivity index (χ3n) is 3.43. The minimum absolute atomic E-state index is 0.564. The third kappa shape index (κ3) is 5.34.